The molecule has 0 saturated carbocycles. The molecule has 2 heterocycles. The summed E-state index contributed by atoms with van der Waals surface area (Å²) in [6.45, 7) is 0. The molecule has 0 unspecified atom stereocenters. The maximum atomic E-state index is 14.1. The summed E-state index contributed by atoms with van der Waals surface area (Å²) >= 11 is 0. The van der Waals surface area contributed by atoms with Crippen LogP contribution < -0.4 is 10.1 Å². The minimum Gasteiger partial charge on any atom is -0.496 e. The van der Waals surface area contributed by atoms with Gasteiger partial charge in [-0.1, -0.05) is 12.1 Å². The lowest BCUT2D eigenvalue weighted by molar-refractivity contribution is 0.102. The summed E-state index contributed by atoms with van der Waals surface area (Å²) in [4.78, 5) is 21.2. The molecule has 0 bridgehead atoms. The first-order valence-electron chi connectivity index (χ1n) is 8.60. The number of imidazole rings is 1. The lowest BCUT2D eigenvalue weighted by Gasteiger charge is -2.09. The van der Waals surface area contributed by atoms with Crippen molar-refractivity contribution in [1.82, 2.24) is 14.5 Å². The molecule has 1 amide bonds. The van der Waals surface area contributed by atoms with Crippen molar-refractivity contribution in [3.63, 3.8) is 0 Å². The first-order chi connectivity index (χ1) is 13.6. The predicted molar refractivity (Wildman–Crippen MR) is 105 cm³/mol. The first-order valence-corrected chi connectivity index (χ1v) is 8.60. The second-order valence-corrected chi connectivity index (χ2v) is 6.19. The van der Waals surface area contributed by atoms with E-state index in [1.54, 1.807) is 54.1 Å². The number of nitrogens with zero attached hydrogens (tertiary/aromatic N) is 3. The Labute approximate surface area is 160 Å². The highest BCUT2D eigenvalue weighted by Gasteiger charge is 2.16. The number of fused-ring (bicyclic) bond motifs is 1. The topological polar surface area (TPSA) is 69.0 Å². The predicted octanol–water partition coefficient (Wildman–Crippen LogP) is 4.04. The molecule has 140 valence electrons. The van der Waals surface area contributed by atoms with Gasteiger partial charge in [0.15, 0.2) is 11.6 Å². The number of ether oxygens (including phenoxy) is 1. The highest BCUT2D eigenvalue weighted by atomic mass is 19.1. The standard InChI is InChI=1S/C21H17FN4O2/c1-26-17-12-13(24-21(27)14-6-3-4-8-18(14)28-2)9-10-16(17)25-20(26)19-15(22)7-5-11-23-19/h3-12H,1-2H3,(H,24,27). The molecule has 0 radical (unpaired) electrons. The van der Waals surface area contributed by atoms with Crippen molar-refractivity contribution in [2.45, 2.75) is 0 Å². The maximum absolute atomic E-state index is 14.1. The number of aryl methyl sites for hydroxylation is 1. The molecule has 28 heavy (non-hydrogen) atoms. The van der Waals surface area contributed by atoms with Gasteiger partial charge in [-0.2, -0.15) is 0 Å². The molecule has 0 aliphatic rings. The van der Waals surface area contributed by atoms with E-state index in [9.17, 15) is 9.18 Å². The summed E-state index contributed by atoms with van der Waals surface area (Å²) in [7, 11) is 3.30. The number of para-hydroxylation sites is 1. The Balaban J connectivity index is 1.70. The smallest absolute Gasteiger partial charge is 0.259 e. The van der Waals surface area contributed by atoms with Crippen molar-refractivity contribution in [1.29, 1.82) is 0 Å². The van der Waals surface area contributed by atoms with Crippen LogP contribution in [-0.4, -0.2) is 27.6 Å². The van der Waals surface area contributed by atoms with Crippen LogP contribution in [0.1, 0.15) is 10.4 Å². The molecule has 0 aliphatic carbocycles. The minimum absolute atomic E-state index is 0.181. The molecule has 4 rings (SSSR count). The van der Waals surface area contributed by atoms with E-state index in [1.807, 2.05) is 0 Å². The minimum atomic E-state index is -0.439. The number of nitrogens with one attached hydrogen (secondary N) is 1. The molecule has 2 aromatic heterocycles. The number of aromatic nitrogens is 3. The normalized spacial score (nSPS) is 10.8. The SMILES string of the molecule is COc1ccccc1C(=O)Nc1ccc2nc(-c3ncccc3F)n(C)c2c1. The van der Waals surface area contributed by atoms with E-state index < -0.39 is 5.82 Å². The van der Waals surface area contributed by atoms with Gasteiger partial charge < -0.3 is 14.6 Å². The number of hydrogen-bond acceptors (Lipinski definition) is 4. The third-order valence-corrected chi connectivity index (χ3v) is 4.46. The van der Waals surface area contributed by atoms with Crippen molar-refractivity contribution in [2.75, 3.05) is 12.4 Å². The van der Waals surface area contributed by atoms with Gasteiger partial charge in [-0.25, -0.2) is 14.4 Å². The lowest BCUT2D eigenvalue weighted by atomic mass is 10.2. The van der Waals surface area contributed by atoms with Crippen molar-refractivity contribution in [3.8, 4) is 17.3 Å². The van der Waals surface area contributed by atoms with Crippen LogP contribution in [0.5, 0.6) is 5.75 Å². The number of carbonyl (C=O) groups is 1. The molecule has 6 nitrogen and oxygen atoms in total. The first kappa shape index (κ1) is 17.7. The zero-order valence-corrected chi connectivity index (χ0v) is 15.3. The number of hydrogen-bond donors (Lipinski definition) is 1. The maximum Gasteiger partial charge on any atom is 0.259 e. The van der Waals surface area contributed by atoms with E-state index in [0.717, 1.165) is 5.52 Å². The van der Waals surface area contributed by atoms with E-state index in [4.69, 9.17) is 4.74 Å². The Kier molecular flexibility index (Phi) is 4.49. The van der Waals surface area contributed by atoms with Gasteiger partial charge in [-0.05, 0) is 42.5 Å². The van der Waals surface area contributed by atoms with Gasteiger partial charge in [-0.3, -0.25) is 4.79 Å². The number of rotatable bonds is 4. The van der Waals surface area contributed by atoms with E-state index >= 15 is 0 Å². The Morgan fingerprint density at radius 3 is 2.75 bits per heavy atom. The van der Waals surface area contributed by atoms with Crippen LogP contribution in [-0.2, 0) is 7.05 Å². The zero-order valence-electron chi connectivity index (χ0n) is 15.3. The molecule has 7 heteroatoms. The fourth-order valence-corrected chi connectivity index (χ4v) is 3.06. The Hall–Kier alpha value is -3.74. The molecule has 4 aromatic rings. The molecular weight excluding hydrogens is 359 g/mol. The van der Waals surface area contributed by atoms with Gasteiger partial charge in [0.1, 0.15) is 11.4 Å². The monoisotopic (exact) mass is 376 g/mol. The highest BCUT2D eigenvalue weighted by Crippen LogP contribution is 2.27. The molecule has 0 saturated heterocycles. The summed E-state index contributed by atoms with van der Waals surface area (Å²) in [6.07, 6.45) is 1.52. The molecule has 0 aliphatic heterocycles. The van der Waals surface area contributed by atoms with Gasteiger partial charge in [0.2, 0.25) is 0 Å². The zero-order chi connectivity index (χ0) is 19.7. The quantitative estimate of drug-likeness (QED) is 0.584. The van der Waals surface area contributed by atoms with Crippen molar-refractivity contribution in [2.24, 2.45) is 7.05 Å². The second-order valence-electron chi connectivity index (χ2n) is 6.19. The van der Waals surface area contributed by atoms with Crippen LogP contribution in [0.2, 0.25) is 0 Å². The molecule has 2 aromatic carbocycles. The van der Waals surface area contributed by atoms with Crippen LogP contribution in [0, 0.1) is 5.82 Å². The van der Waals surface area contributed by atoms with Crippen molar-refractivity contribution >= 4 is 22.6 Å². The van der Waals surface area contributed by atoms with E-state index in [1.165, 1.54) is 25.4 Å². The van der Waals surface area contributed by atoms with Crippen molar-refractivity contribution in [3.05, 3.63) is 72.2 Å². The average Bonchev–Trinajstić information content (AvgIpc) is 3.04. The van der Waals surface area contributed by atoms with E-state index in [2.05, 4.69) is 15.3 Å². The largest absolute Gasteiger partial charge is 0.496 e. The van der Waals surface area contributed by atoms with Crippen LogP contribution >= 0.6 is 0 Å². The van der Waals surface area contributed by atoms with Gasteiger partial charge in [0, 0.05) is 18.9 Å². The molecule has 0 atom stereocenters. The average molecular weight is 376 g/mol. The summed E-state index contributed by atoms with van der Waals surface area (Å²) in [5.74, 6) is 0.191. The number of amides is 1. The summed E-state index contributed by atoms with van der Waals surface area (Å²) < 4.78 is 21.1. The van der Waals surface area contributed by atoms with E-state index in [-0.39, 0.29) is 11.6 Å². The molecule has 0 fully saturated rings. The van der Waals surface area contributed by atoms with Crippen LogP contribution in [0.4, 0.5) is 10.1 Å². The third kappa shape index (κ3) is 3.07. The molecular formula is C21H17FN4O2. The summed E-state index contributed by atoms with van der Waals surface area (Å²) in [5.41, 5.74) is 2.64. The Bertz CT molecular complexity index is 1190. The Morgan fingerprint density at radius 1 is 1.14 bits per heavy atom. The fourth-order valence-electron chi connectivity index (χ4n) is 3.06. The summed E-state index contributed by atoms with van der Waals surface area (Å²) in [5, 5.41) is 2.86. The number of anilines is 1. The molecule has 1 N–H and O–H groups in total. The third-order valence-electron chi connectivity index (χ3n) is 4.46. The van der Waals surface area contributed by atoms with Gasteiger partial charge in [-0.15, -0.1) is 0 Å². The van der Waals surface area contributed by atoms with Crippen LogP contribution in [0.25, 0.3) is 22.6 Å². The van der Waals surface area contributed by atoms with Crippen LogP contribution in [0.15, 0.2) is 60.8 Å². The van der Waals surface area contributed by atoms with E-state index in [0.29, 0.717) is 28.3 Å². The van der Waals surface area contributed by atoms with Gasteiger partial charge in [0.25, 0.3) is 5.91 Å². The number of halogens is 1. The second kappa shape index (κ2) is 7.11. The lowest BCUT2D eigenvalue weighted by Crippen LogP contribution is -2.13. The number of methoxy groups -OCH3 is 1. The van der Waals surface area contributed by atoms with Gasteiger partial charge >= 0.3 is 0 Å². The van der Waals surface area contributed by atoms with Crippen LogP contribution in [0.3, 0.4) is 0 Å². The fraction of sp³-hybridized carbons (Fsp3) is 0.0952. The number of benzene rings is 2. The number of carbonyl (C=O) groups excluding carboxylic acids is 1. The highest BCUT2D eigenvalue weighted by molar-refractivity contribution is 6.06. The Morgan fingerprint density at radius 2 is 1.96 bits per heavy atom. The van der Waals surface area contributed by atoms with Crippen molar-refractivity contribution < 1.29 is 13.9 Å². The van der Waals surface area contributed by atoms with Gasteiger partial charge in [0.05, 0.1) is 23.7 Å². The summed E-state index contributed by atoms with van der Waals surface area (Å²) in [6, 6.07) is 15.2. The molecule has 0 spiro atoms. The number of pyridine rings is 1.